The molecule has 2 fully saturated rings. The summed E-state index contributed by atoms with van der Waals surface area (Å²) in [4.78, 5) is 14.6. The van der Waals surface area contributed by atoms with Crippen LogP contribution in [0.4, 0.5) is 0 Å². The highest BCUT2D eigenvalue weighted by Gasteiger charge is 2.32. The molecule has 0 radical (unpaired) electrons. The highest BCUT2D eigenvalue weighted by molar-refractivity contribution is 5.79. The molecule has 2 aliphatic rings. The topological polar surface area (TPSA) is 58.4 Å². The summed E-state index contributed by atoms with van der Waals surface area (Å²) < 4.78 is 0. The van der Waals surface area contributed by atoms with Gasteiger partial charge in [0.1, 0.15) is 0 Å². The Bertz CT molecular complexity index is 278. The van der Waals surface area contributed by atoms with Crippen molar-refractivity contribution in [2.75, 3.05) is 26.2 Å². The molecule has 3 N–H and O–H groups in total. The fourth-order valence-corrected chi connectivity index (χ4v) is 3.16. The Morgan fingerprint density at radius 1 is 1.33 bits per heavy atom. The summed E-state index contributed by atoms with van der Waals surface area (Å²) >= 11 is 0. The average Bonchev–Trinajstić information content (AvgIpc) is 3.10. The van der Waals surface area contributed by atoms with E-state index in [1.165, 1.54) is 12.8 Å². The van der Waals surface area contributed by atoms with Gasteiger partial charge in [0.2, 0.25) is 5.91 Å². The van der Waals surface area contributed by atoms with Crippen LogP contribution < -0.4 is 11.1 Å². The maximum absolute atomic E-state index is 12.1. The van der Waals surface area contributed by atoms with Crippen molar-refractivity contribution in [3.63, 3.8) is 0 Å². The third-order valence-electron chi connectivity index (χ3n) is 4.47. The molecule has 2 atom stereocenters. The van der Waals surface area contributed by atoms with Crippen molar-refractivity contribution in [1.29, 1.82) is 0 Å². The Balaban J connectivity index is 1.67. The molecule has 0 aliphatic heterocycles. The van der Waals surface area contributed by atoms with Crippen LogP contribution in [0.2, 0.25) is 0 Å². The second-order valence-electron chi connectivity index (χ2n) is 5.68. The zero-order valence-corrected chi connectivity index (χ0v) is 11.5. The first kappa shape index (κ1) is 13.8. The van der Waals surface area contributed by atoms with E-state index in [1.807, 2.05) is 0 Å². The maximum Gasteiger partial charge on any atom is 0.223 e. The van der Waals surface area contributed by atoms with Crippen molar-refractivity contribution in [3.05, 3.63) is 0 Å². The third-order valence-corrected chi connectivity index (χ3v) is 4.47. The van der Waals surface area contributed by atoms with E-state index in [2.05, 4.69) is 17.1 Å². The summed E-state index contributed by atoms with van der Waals surface area (Å²) in [6.07, 6.45) is 5.97. The van der Waals surface area contributed by atoms with Crippen LogP contribution in [0.25, 0.3) is 0 Å². The van der Waals surface area contributed by atoms with Gasteiger partial charge in [0.15, 0.2) is 0 Å². The normalized spacial score (nSPS) is 27.7. The van der Waals surface area contributed by atoms with Gasteiger partial charge in [-0.05, 0) is 44.7 Å². The zero-order chi connectivity index (χ0) is 13.0. The van der Waals surface area contributed by atoms with Crippen LogP contribution >= 0.6 is 0 Å². The van der Waals surface area contributed by atoms with Gasteiger partial charge < -0.3 is 11.1 Å². The molecule has 1 amide bonds. The summed E-state index contributed by atoms with van der Waals surface area (Å²) in [6.45, 7) is 5.72. The van der Waals surface area contributed by atoms with Crippen molar-refractivity contribution in [3.8, 4) is 0 Å². The Morgan fingerprint density at radius 3 is 2.72 bits per heavy atom. The first-order chi connectivity index (χ1) is 8.76. The number of nitrogens with zero attached hydrogens (tertiary/aromatic N) is 1. The zero-order valence-electron chi connectivity index (χ0n) is 11.5. The first-order valence-electron chi connectivity index (χ1n) is 7.48. The van der Waals surface area contributed by atoms with E-state index >= 15 is 0 Å². The number of rotatable bonds is 7. The van der Waals surface area contributed by atoms with Gasteiger partial charge in [0.05, 0.1) is 0 Å². The van der Waals surface area contributed by atoms with Crippen molar-refractivity contribution in [1.82, 2.24) is 10.2 Å². The van der Waals surface area contributed by atoms with E-state index in [4.69, 9.17) is 5.73 Å². The van der Waals surface area contributed by atoms with Crippen molar-refractivity contribution >= 4 is 5.91 Å². The van der Waals surface area contributed by atoms with Crippen LogP contribution in [0.3, 0.4) is 0 Å². The van der Waals surface area contributed by atoms with Crippen molar-refractivity contribution < 1.29 is 4.79 Å². The maximum atomic E-state index is 12.1. The minimum absolute atomic E-state index is 0.172. The predicted molar refractivity (Wildman–Crippen MR) is 73.2 cm³/mol. The minimum Gasteiger partial charge on any atom is -0.355 e. The van der Waals surface area contributed by atoms with E-state index in [0.717, 1.165) is 44.9 Å². The van der Waals surface area contributed by atoms with Crippen LogP contribution in [0.5, 0.6) is 0 Å². The van der Waals surface area contributed by atoms with Gasteiger partial charge in [-0.1, -0.05) is 13.3 Å². The standard InChI is InChI=1S/C14H27N3O/c1-2-17(12-6-7-12)9-8-16-14(18)13-5-3-4-11(13)10-15/h11-13H,2-10,15H2,1H3,(H,16,18)/t11-,13-/m1/s1. The lowest BCUT2D eigenvalue weighted by Crippen LogP contribution is -2.40. The van der Waals surface area contributed by atoms with E-state index < -0.39 is 0 Å². The summed E-state index contributed by atoms with van der Waals surface area (Å²) in [7, 11) is 0. The van der Waals surface area contributed by atoms with Gasteiger partial charge in [0, 0.05) is 25.0 Å². The lowest BCUT2D eigenvalue weighted by molar-refractivity contribution is -0.126. The molecule has 2 rings (SSSR count). The lowest BCUT2D eigenvalue weighted by atomic mass is 9.95. The van der Waals surface area contributed by atoms with Crippen molar-refractivity contribution in [2.45, 2.75) is 45.1 Å². The number of carbonyl (C=O) groups excluding carboxylic acids is 1. The largest absolute Gasteiger partial charge is 0.355 e. The molecule has 0 unspecified atom stereocenters. The molecular formula is C14H27N3O. The van der Waals surface area contributed by atoms with Gasteiger partial charge in [0.25, 0.3) is 0 Å². The van der Waals surface area contributed by atoms with Gasteiger partial charge in [-0.25, -0.2) is 0 Å². The Morgan fingerprint density at radius 2 is 2.11 bits per heavy atom. The molecule has 0 spiro atoms. The molecule has 18 heavy (non-hydrogen) atoms. The van der Waals surface area contributed by atoms with Crippen LogP contribution in [0.15, 0.2) is 0 Å². The SMILES string of the molecule is CCN(CCNC(=O)[C@@H]1CCC[C@@H]1CN)C1CC1. The number of hydrogen-bond acceptors (Lipinski definition) is 3. The van der Waals surface area contributed by atoms with Gasteiger partial charge in [-0.2, -0.15) is 0 Å². The number of nitrogens with one attached hydrogen (secondary N) is 1. The molecule has 0 saturated heterocycles. The first-order valence-corrected chi connectivity index (χ1v) is 7.48. The molecule has 0 aromatic heterocycles. The molecule has 2 saturated carbocycles. The summed E-state index contributed by atoms with van der Waals surface area (Å²) in [6, 6.07) is 0.787. The van der Waals surface area contributed by atoms with Crippen LogP contribution in [-0.2, 0) is 4.79 Å². The molecule has 0 aromatic carbocycles. The molecule has 104 valence electrons. The molecule has 0 bridgehead atoms. The Kier molecular flexibility index (Phi) is 5.01. The molecule has 4 nitrogen and oxygen atoms in total. The third kappa shape index (κ3) is 3.45. The quantitative estimate of drug-likeness (QED) is 0.710. The van der Waals surface area contributed by atoms with Crippen LogP contribution in [-0.4, -0.2) is 43.0 Å². The second kappa shape index (κ2) is 6.53. The number of nitrogens with two attached hydrogens (primary N) is 1. The minimum atomic E-state index is 0.172. The molecular weight excluding hydrogens is 226 g/mol. The monoisotopic (exact) mass is 253 g/mol. The smallest absolute Gasteiger partial charge is 0.223 e. The van der Waals surface area contributed by atoms with Gasteiger partial charge >= 0.3 is 0 Å². The summed E-state index contributed by atoms with van der Waals surface area (Å²) in [5.41, 5.74) is 5.72. The number of amides is 1. The van der Waals surface area contributed by atoms with E-state index in [0.29, 0.717) is 12.5 Å². The Labute approximate surface area is 110 Å². The molecule has 0 heterocycles. The second-order valence-corrected chi connectivity index (χ2v) is 5.68. The number of likely N-dealkylation sites (N-methyl/N-ethyl adjacent to an activating group) is 1. The number of carbonyl (C=O) groups is 1. The number of hydrogen-bond donors (Lipinski definition) is 2. The predicted octanol–water partition coefficient (Wildman–Crippen LogP) is 0.962. The fraction of sp³-hybridized carbons (Fsp3) is 0.929. The summed E-state index contributed by atoms with van der Waals surface area (Å²) in [5.74, 6) is 0.816. The van der Waals surface area contributed by atoms with Crippen LogP contribution in [0, 0.1) is 11.8 Å². The molecule has 0 aromatic rings. The van der Waals surface area contributed by atoms with E-state index in [9.17, 15) is 4.79 Å². The molecule has 2 aliphatic carbocycles. The van der Waals surface area contributed by atoms with Gasteiger partial charge in [-0.3, -0.25) is 9.69 Å². The average molecular weight is 253 g/mol. The van der Waals surface area contributed by atoms with Crippen LogP contribution in [0.1, 0.15) is 39.0 Å². The van der Waals surface area contributed by atoms with E-state index in [-0.39, 0.29) is 11.8 Å². The lowest BCUT2D eigenvalue weighted by Gasteiger charge is -2.21. The fourth-order valence-electron chi connectivity index (χ4n) is 3.16. The Hall–Kier alpha value is -0.610. The highest BCUT2D eigenvalue weighted by atomic mass is 16.1. The van der Waals surface area contributed by atoms with Crippen molar-refractivity contribution in [2.24, 2.45) is 17.6 Å². The van der Waals surface area contributed by atoms with E-state index in [1.54, 1.807) is 0 Å². The summed E-state index contributed by atoms with van der Waals surface area (Å²) in [5, 5.41) is 3.10. The van der Waals surface area contributed by atoms with Gasteiger partial charge in [-0.15, -0.1) is 0 Å². The molecule has 4 heteroatoms. The highest BCUT2D eigenvalue weighted by Crippen LogP contribution is 2.31.